The third-order valence-electron chi connectivity index (χ3n) is 4.91. The average molecular weight is 375 g/mol. The largest absolute Gasteiger partial charge is 0.357 e. The average Bonchev–Trinajstić information content (AvgIpc) is 3.38. The predicted molar refractivity (Wildman–Crippen MR) is 103 cm³/mol. The van der Waals surface area contributed by atoms with E-state index in [9.17, 15) is 9.59 Å². The summed E-state index contributed by atoms with van der Waals surface area (Å²) < 4.78 is 0. The van der Waals surface area contributed by atoms with Crippen LogP contribution in [0.5, 0.6) is 0 Å². The first kappa shape index (κ1) is 18.7. The van der Waals surface area contributed by atoms with Crippen molar-refractivity contribution in [1.29, 1.82) is 0 Å². The Morgan fingerprint density at radius 3 is 2.77 bits per heavy atom. The Kier molecular flexibility index (Phi) is 6.11. The highest BCUT2D eigenvalue weighted by Crippen LogP contribution is 2.23. The second kappa shape index (κ2) is 8.51. The van der Waals surface area contributed by atoms with E-state index in [0.29, 0.717) is 31.7 Å². The third kappa shape index (κ3) is 4.16. The number of likely N-dealkylation sites (tertiary alicyclic amines) is 1. The number of H-pyrrole nitrogens is 1. The first-order valence-corrected chi connectivity index (χ1v) is 10.0. The van der Waals surface area contributed by atoms with Gasteiger partial charge in [0.1, 0.15) is 5.69 Å². The van der Waals surface area contributed by atoms with E-state index in [2.05, 4.69) is 32.0 Å². The van der Waals surface area contributed by atoms with E-state index < -0.39 is 0 Å². The summed E-state index contributed by atoms with van der Waals surface area (Å²) in [5.74, 6) is 0.0354. The van der Waals surface area contributed by atoms with Crippen LogP contribution >= 0.6 is 11.3 Å². The van der Waals surface area contributed by atoms with Crippen molar-refractivity contribution in [1.82, 2.24) is 20.1 Å². The molecule has 1 fully saturated rings. The quantitative estimate of drug-likeness (QED) is 0.781. The second-order valence-electron chi connectivity index (χ2n) is 6.58. The number of aromatic nitrogens is 1. The molecule has 0 aromatic carbocycles. The molecule has 1 aliphatic rings. The number of nitrogens with one attached hydrogen (secondary N) is 2. The van der Waals surface area contributed by atoms with Gasteiger partial charge in [0.2, 0.25) is 5.91 Å². The first-order chi connectivity index (χ1) is 12.6. The molecule has 0 spiro atoms. The highest BCUT2D eigenvalue weighted by atomic mass is 32.1. The summed E-state index contributed by atoms with van der Waals surface area (Å²) in [4.78, 5) is 32.3. The smallest absolute Gasteiger partial charge is 0.267 e. The number of nitrogens with zero attached hydrogens (tertiary/aromatic N) is 2. The molecule has 0 saturated carbocycles. The lowest BCUT2D eigenvalue weighted by Gasteiger charge is -2.28. The molecule has 2 atom stereocenters. The maximum Gasteiger partial charge on any atom is 0.267 e. The maximum absolute atomic E-state index is 13.0. The van der Waals surface area contributed by atoms with Crippen LogP contribution in [-0.2, 0) is 11.3 Å². The van der Waals surface area contributed by atoms with Gasteiger partial charge < -0.3 is 15.2 Å². The van der Waals surface area contributed by atoms with Gasteiger partial charge in [0.25, 0.3) is 5.91 Å². The fourth-order valence-electron chi connectivity index (χ4n) is 3.54. The van der Waals surface area contributed by atoms with Crippen LogP contribution in [0.1, 0.15) is 36.3 Å². The van der Waals surface area contributed by atoms with Gasteiger partial charge in [-0.2, -0.15) is 11.3 Å². The molecule has 0 bridgehead atoms. The SMILES string of the molecule is CCN(CC)C(=O)[C@@H]1C[C@H](NC(=O)c2ccc[nH]2)CN1Cc1ccsc1. The normalized spacial score (nSPS) is 20.2. The van der Waals surface area contributed by atoms with Crippen molar-refractivity contribution in [2.75, 3.05) is 19.6 Å². The predicted octanol–water partition coefficient (Wildman–Crippen LogP) is 2.32. The zero-order valence-corrected chi connectivity index (χ0v) is 16.1. The van der Waals surface area contributed by atoms with Crippen molar-refractivity contribution < 1.29 is 9.59 Å². The number of carbonyl (C=O) groups is 2. The van der Waals surface area contributed by atoms with Gasteiger partial charge in [-0.05, 0) is 54.8 Å². The van der Waals surface area contributed by atoms with Crippen LogP contribution in [0.3, 0.4) is 0 Å². The lowest BCUT2D eigenvalue weighted by atomic mass is 10.1. The van der Waals surface area contributed by atoms with Crippen molar-refractivity contribution in [3.63, 3.8) is 0 Å². The summed E-state index contributed by atoms with van der Waals surface area (Å²) in [7, 11) is 0. The Bertz CT molecular complexity index is 710. The lowest BCUT2D eigenvalue weighted by Crippen LogP contribution is -2.45. The summed E-state index contributed by atoms with van der Waals surface area (Å²) >= 11 is 1.66. The molecule has 2 aromatic rings. The van der Waals surface area contributed by atoms with Gasteiger partial charge in [0.15, 0.2) is 0 Å². The van der Waals surface area contributed by atoms with Crippen molar-refractivity contribution in [3.05, 3.63) is 46.4 Å². The van der Waals surface area contributed by atoms with Gasteiger partial charge in [-0.1, -0.05) is 0 Å². The summed E-state index contributed by atoms with van der Waals surface area (Å²) in [6.07, 6.45) is 2.38. The van der Waals surface area contributed by atoms with E-state index in [1.807, 2.05) is 18.7 Å². The second-order valence-corrected chi connectivity index (χ2v) is 7.36. The van der Waals surface area contributed by atoms with Crippen LogP contribution < -0.4 is 5.32 Å². The highest BCUT2D eigenvalue weighted by molar-refractivity contribution is 7.07. The van der Waals surface area contributed by atoms with E-state index in [4.69, 9.17) is 0 Å². The number of amides is 2. The zero-order valence-electron chi connectivity index (χ0n) is 15.3. The summed E-state index contributed by atoms with van der Waals surface area (Å²) in [5.41, 5.74) is 1.76. The van der Waals surface area contributed by atoms with Crippen LogP contribution in [0.4, 0.5) is 0 Å². The third-order valence-corrected chi connectivity index (χ3v) is 5.64. The molecular weight excluding hydrogens is 348 g/mol. The molecule has 3 rings (SSSR count). The molecule has 0 radical (unpaired) electrons. The van der Waals surface area contributed by atoms with Crippen LogP contribution in [0.25, 0.3) is 0 Å². The Morgan fingerprint density at radius 2 is 2.15 bits per heavy atom. The van der Waals surface area contributed by atoms with E-state index in [1.54, 1.807) is 29.7 Å². The van der Waals surface area contributed by atoms with Crippen LogP contribution in [0.2, 0.25) is 0 Å². The minimum absolute atomic E-state index is 0.0334. The molecule has 7 heteroatoms. The molecule has 0 unspecified atom stereocenters. The molecule has 3 heterocycles. The van der Waals surface area contributed by atoms with Crippen molar-refractivity contribution >= 4 is 23.2 Å². The van der Waals surface area contributed by atoms with E-state index in [0.717, 1.165) is 6.54 Å². The summed E-state index contributed by atoms with van der Waals surface area (Å²) in [5, 5.41) is 7.24. The van der Waals surface area contributed by atoms with E-state index in [-0.39, 0.29) is 23.9 Å². The van der Waals surface area contributed by atoms with Crippen LogP contribution in [0, 0.1) is 0 Å². The lowest BCUT2D eigenvalue weighted by molar-refractivity contribution is -0.135. The summed E-state index contributed by atoms with van der Waals surface area (Å²) in [6.45, 7) is 6.83. The topological polar surface area (TPSA) is 68.4 Å². The Labute approximate surface area is 158 Å². The molecule has 6 nitrogen and oxygen atoms in total. The molecule has 1 saturated heterocycles. The highest BCUT2D eigenvalue weighted by Gasteiger charge is 2.39. The molecule has 2 N–H and O–H groups in total. The van der Waals surface area contributed by atoms with Gasteiger partial charge >= 0.3 is 0 Å². The first-order valence-electron chi connectivity index (χ1n) is 9.10. The van der Waals surface area contributed by atoms with Gasteiger partial charge in [0.05, 0.1) is 6.04 Å². The molecule has 2 aromatic heterocycles. The van der Waals surface area contributed by atoms with Crippen molar-refractivity contribution in [2.24, 2.45) is 0 Å². The van der Waals surface area contributed by atoms with E-state index in [1.165, 1.54) is 5.56 Å². The van der Waals surface area contributed by atoms with E-state index >= 15 is 0 Å². The molecular formula is C19H26N4O2S. The van der Waals surface area contributed by atoms with Crippen molar-refractivity contribution in [3.8, 4) is 0 Å². The Balaban J connectivity index is 1.71. The number of likely N-dealkylation sites (N-methyl/N-ethyl adjacent to an activating group) is 1. The fourth-order valence-corrected chi connectivity index (χ4v) is 4.20. The number of aromatic amines is 1. The number of rotatable bonds is 7. The Hall–Kier alpha value is -2.12. The monoisotopic (exact) mass is 374 g/mol. The number of hydrogen-bond donors (Lipinski definition) is 2. The standard InChI is InChI=1S/C19H26N4O2S/c1-3-22(4-2)19(25)17-10-15(21-18(24)16-6-5-8-20-16)12-23(17)11-14-7-9-26-13-14/h5-9,13,15,17,20H,3-4,10-12H2,1-2H3,(H,21,24)/t15-,17-/m0/s1. The molecule has 26 heavy (non-hydrogen) atoms. The fraction of sp³-hybridized carbons (Fsp3) is 0.474. The van der Waals surface area contributed by atoms with Crippen LogP contribution in [-0.4, -0.2) is 58.3 Å². The number of hydrogen-bond acceptors (Lipinski definition) is 4. The van der Waals surface area contributed by atoms with Gasteiger partial charge in [-0.25, -0.2) is 0 Å². The molecule has 2 amide bonds. The maximum atomic E-state index is 13.0. The summed E-state index contributed by atoms with van der Waals surface area (Å²) in [6, 6.07) is 5.43. The molecule has 1 aliphatic heterocycles. The minimum Gasteiger partial charge on any atom is -0.357 e. The van der Waals surface area contributed by atoms with Crippen molar-refractivity contribution in [2.45, 2.75) is 38.9 Å². The molecule has 140 valence electrons. The number of thiophene rings is 1. The number of carbonyl (C=O) groups excluding carboxylic acids is 2. The molecule has 0 aliphatic carbocycles. The zero-order chi connectivity index (χ0) is 18.5. The Morgan fingerprint density at radius 1 is 1.35 bits per heavy atom. The van der Waals surface area contributed by atoms with Gasteiger partial charge in [0, 0.05) is 38.4 Å². The van der Waals surface area contributed by atoms with Gasteiger partial charge in [-0.3, -0.25) is 14.5 Å². The van der Waals surface area contributed by atoms with Crippen LogP contribution in [0.15, 0.2) is 35.2 Å². The minimum atomic E-state index is -0.191. The van der Waals surface area contributed by atoms with Gasteiger partial charge in [-0.15, -0.1) is 0 Å².